The fourth-order valence-electron chi connectivity index (χ4n) is 3.21. The Morgan fingerprint density at radius 1 is 0.810 bits per heavy atom. The quantitative estimate of drug-likeness (QED) is 0.674. The summed E-state index contributed by atoms with van der Waals surface area (Å²) in [5, 5.41) is -0.131. The maximum absolute atomic E-state index is 6.79. The van der Waals surface area contributed by atoms with E-state index in [4.69, 9.17) is 16.3 Å². The molecule has 0 aliphatic rings. The second kappa shape index (κ2) is 6.11. The van der Waals surface area contributed by atoms with Crippen molar-refractivity contribution in [2.24, 2.45) is 0 Å². The number of rotatable bonds is 3. The summed E-state index contributed by atoms with van der Waals surface area (Å²) in [5.74, 6) is 0.944. The Bertz CT molecular complexity index is 627. The summed E-state index contributed by atoms with van der Waals surface area (Å²) in [6.45, 7) is 10.5. The first-order valence-electron chi connectivity index (χ1n) is 7.22. The van der Waals surface area contributed by atoms with Gasteiger partial charge in [-0.1, -0.05) is 29.8 Å². The van der Waals surface area contributed by atoms with Crippen LogP contribution >= 0.6 is 11.6 Å². The summed E-state index contributed by atoms with van der Waals surface area (Å²) in [6.07, 6.45) is 0. The van der Waals surface area contributed by atoms with Gasteiger partial charge in [-0.15, -0.1) is 11.6 Å². The number of benzene rings is 2. The van der Waals surface area contributed by atoms with E-state index in [-0.39, 0.29) is 5.38 Å². The lowest BCUT2D eigenvalue weighted by Crippen LogP contribution is -2.02. The largest absolute Gasteiger partial charge is 0.496 e. The Balaban J connectivity index is 2.53. The van der Waals surface area contributed by atoms with Crippen LogP contribution in [0.1, 0.15) is 44.3 Å². The van der Waals surface area contributed by atoms with Crippen LogP contribution in [0.5, 0.6) is 5.75 Å². The second-order valence-corrected chi connectivity index (χ2v) is 6.30. The van der Waals surface area contributed by atoms with E-state index in [1.807, 2.05) is 0 Å². The highest BCUT2D eigenvalue weighted by Crippen LogP contribution is 2.37. The molecule has 0 saturated heterocycles. The number of alkyl halides is 1. The van der Waals surface area contributed by atoms with Gasteiger partial charge in [-0.25, -0.2) is 0 Å². The number of aryl methyl sites for hydroxylation is 5. The summed E-state index contributed by atoms with van der Waals surface area (Å²) in [4.78, 5) is 0. The predicted molar refractivity (Wildman–Crippen MR) is 90.8 cm³/mol. The summed E-state index contributed by atoms with van der Waals surface area (Å²) in [7, 11) is 1.71. The molecule has 1 nitrogen and oxygen atoms in total. The molecule has 21 heavy (non-hydrogen) atoms. The van der Waals surface area contributed by atoms with Crippen molar-refractivity contribution < 1.29 is 4.74 Å². The lowest BCUT2D eigenvalue weighted by atomic mass is 9.92. The van der Waals surface area contributed by atoms with Gasteiger partial charge in [-0.3, -0.25) is 0 Å². The van der Waals surface area contributed by atoms with Gasteiger partial charge in [-0.2, -0.15) is 0 Å². The smallest absolute Gasteiger partial charge is 0.124 e. The monoisotopic (exact) mass is 302 g/mol. The average Bonchev–Trinajstić information content (AvgIpc) is 2.36. The molecule has 0 aliphatic heterocycles. The van der Waals surface area contributed by atoms with Gasteiger partial charge in [-0.05, 0) is 68.0 Å². The van der Waals surface area contributed by atoms with E-state index in [0.717, 1.165) is 22.4 Å². The minimum Gasteiger partial charge on any atom is -0.496 e. The van der Waals surface area contributed by atoms with E-state index >= 15 is 0 Å². The molecule has 0 aromatic heterocycles. The standard InChI is InChI=1S/C19H23ClO/c1-11-7-12(2)17(13(3)8-11)18(20)16-9-14(4)19(21-6)15(5)10-16/h7-10,18H,1-6H3. The van der Waals surface area contributed by atoms with Gasteiger partial charge in [0.15, 0.2) is 0 Å². The lowest BCUT2D eigenvalue weighted by Gasteiger charge is -2.19. The van der Waals surface area contributed by atoms with Crippen LogP contribution in [-0.2, 0) is 0 Å². The zero-order valence-electron chi connectivity index (χ0n) is 13.7. The SMILES string of the molecule is COc1c(C)cc(C(Cl)c2c(C)cc(C)cc2C)cc1C. The predicted octanol–water partition coefficient (Wildman–Crippen LogP) is 5.57. The van der Waals surface area contributed by atoms with Crippen molar-refractivity contribution in [2.75, 3.05) is 7.11 Å². The maximum atomic E-state index is 6.79. The molecule has 0 heterocycles. The molecule has 2 rings (SSSR count). The molecular formula is C19H23ClO. The zero-order chi connectivity index (χ0) is 15.7. The summed E-state index contributed by atoms with van der Waals surface area (Å²) in [6, 6.07) is 8.65. The maximum Gasteiger partial charge on any atom is 0.124 e. The summed E-state index contributed by atoms with van der Waals surface area (Å²) >= 11 is 6.79. The van der Waals surface area contributed by atoms with Crippen molar-refractivity contribution in [3.63, 3.8) is 0 Å². The van der Waals surface area contributed by atoms with E-state index in [9.17, 15) is 0 Å². The molecular weight excluding hydrogens is 280 g/mol. The number of ether oxygens (including phenoxy) is 1. The molecule has 0 spiro atoms. The van der Waals surface area contributed by atoms with Crippen molar-refractivity contribution in [2.45, 2.75) is 40.0 Å². The fourth-order valence-corrected chi connectivity index (χ4v) is 3.68. The Labute approximate surface area is 132 Å². The number of hydrogen-bond acceptors (Lipinski definition) is 1. The normalized spacial score (nSPS) is 12.3. The van der Waals surface area contributed by atoms with Gasteiger partial charge < -0.3 is 4.74 Å². The Kier molecular flexibility index (Phi) is 4.63. The molecule has 0 saturated carbocycles. The minimum atomic E-state index is -0.131. The molecule has 112 valence electrons. The van der Waals surface area contributed by atoms with Gasteiger partial charge in [0.25, 0.3) is 0 Å². The summed E-state index contributed by atoms with van der Waals surface area (Å²) in [5.41, 5.74) is 8.37. The highest BCUT2D eigenvalue weighted by molar-refractivity contribution is 6.22. The number of hydrogen-bond donors (Lipinski definition) is 0. The lowest BCUT2D eigenvalue weighted by molar-refractivity contribution is 0.408. The fraction of sp³-hybridized carbons (Fsp3) is 0.368. The van der Waals surface area contributed by atoms with E-state index in [2.05, 4.69) is 58.9 Å². The second-order valence-electron chi connectivity index (χ2n) is 5.86. The molecule has 2 aromatic carbocycles. The van der Waals surface area contributed by atoms with E-state index in [1.165, 1.54) is 22.3 Å². The Morgan fingerprint density at radius 2 is 1.29 bits per heavy atom. The first kappa shape index (κ1) is 15.9. The van der Waals surface area contributed by atoms with Crippen LogP contribution in [0.2, 0.25) is 0 Å². The third-order valence-corrected chi connectivity index (χ3v) is 4.44. The van der Waals surface area contributed by atoms with E-state index < -0.39 is 0 Å². The van der Waals surface area contributed by atoms with Crippen LogP contribution in [0.25, 0.3) is 0 Å². The van der Waals surface area contributed by atoms with Crippen molar-refractivity contribution >= 4 is 11.6 Å². The van der Waals surface area contributed by atoms with Crippen molar-refractivity contribution in [3.05, 3.63) is 63.2 Å². The zero-order valence-corrected chi connectivity index (χ0v) is 14.4. The van der Waals surface area contributed by atoms with E-state index in [0.29, 0.717) is 0 Å². The van der Waals surface area contributed by atoms with Crippen LogP contribution < -0.4 is 4.74 Å². The topological polar surface area (TPSA) is 9.23 Å². The first-order chi connectivity index (χ1) is 9.85. The third-order valence-electron chi connectivity index (χ3n) is 3.97. The van der Waals surface area contributed by atoms with Crippen LogP contribution in [0.15, 0.2) is 24.3 Å². The minimum absolute atomic E-state index is 0.131. The summed E-state index contributed by atoms with van der Waals surface area (Å²) < 4.78 is 5.44. The molecule has 0 bridgehead atoms. The van der Waals surface area contributed by atoms with Crippen LogP contribution in [0.4, 0.5) is 0 Å². The highest BCUT2D eigenvalue weighted by Gasteiger charge is 2.18. The molecule has 2 heteroatoms. The van der Waals surface area contributed by atoms with Gasteiger partial charge in [0.2, 0.25) is 0 Å². The van der Waals surface area contributed by atoms with Gasteiger partial charge in [0.05, 0.1) is 12.5 Å². The van der Waals surface area contributed by atoms with Crippen LogP contribution in [-0.4, -0.2) is 7.11 Å². The Morgan fingerprint density at radius 3 is 1.71 bits per heavy atom. The molecule has 0 aliphatic carbocycles. The van der Waals surface area contributed by atoms with E-state index in [1.54, 1.807) is 7.11 Å². The first-order valence-corrected chi connectivity index (χ1v) is 7.65. The van der Waals surface area contributed by atoms with Gasteiger partial charge >= 0.3 is 0 Å². The molecule has 0 fully saturated rings. The Hall–Kier alpha value is -1.47. The highest BCUT2D eigenvalue weighted by atomic mass is 35.5. The van der Waals surface area contributed by atoms with Gasteiger partial charge in [0.1, 0.15) is 5.75 Å². The molecule has 0 radical (unpaired) electrons. The van der Waals surface area contributed by atoms with Crippen LogP contribution in [0.3, 0.4) is 0 Å². The van der Waals surface area contributed by atoms with Crippen molar-refractivity contribution in [3.8, 4) is 5.75 Å². The number of methoxy groups -OCH3 is 1. The van der Waals surface area contributed by atoms with Gasteiger partial charge in [0, 0.05) is 0 Å². The number of halogens is 1. The molecule has 0 amide bonds. The third kappa shape index (κ3) is 3.08. The van der Waals surface area contributed by atoms with Crippen LogP contribution in [0, 0.1) is 34.6 Å². The molecule has 0 N–H and O–H groups in total. The molecule has 1 atom stereocenters. The molecule has 2 aromatic rings. The van der Waals surface area contributed by atoms with Crippen molar-refractivity contribution in [1.29, 1.82) is 0 Å². The van der Waals surface area contributed by atoms with Crippen molar-refractivity contribution in [1.82, 2.24) is 0 Å². The average molecular weight is 303 g/mol. The molecule has 1 unspecified atom stereocenters.